The van der Waals surface area contributed by atoms with E-state index < -0.39 is 0 Å². The Hall–Kier alpha value is -1.42. The molecule has 2 fully saturated rings. The molecule has 4 nitrogen and oxygen atoms in total. The number of amides is 1. The van der Waals surface area contributed by atoms with Crippen molar-refractivity contribution >= 4 is 5.91 Å². The molecule has 21 heavy (non-hydrogen) atoms. The largest absolute Gasteiger partial charge is 0.333 e. The van der Waals surface area contributed by atoms with Gasteiger partial charge in [0.1, 0.15) is 0 Å². The van der Waals surface area contributed by atoms with Gasteiger partial charge in [-0.2, -0.15) is 0 Å². The topological polar surface area (TPSA) is 45.2 Å². The molecule has 0 spiro atoms. The number of carbonyl (C=O) groups excluding carboxylic acids is 1. The van der Waals surface area contributed by atoms with Gasteiger partial charge in [-0.25, -0.2) is 0 Å². The minimum Gasteiger partial charge on any atom is -0.333 e. The van der Waals surface area contributed by atoms with Crippen molar-refractivity contribution in [3.63, 3.8) is 0 Å². The van der Waals surface area contributed by atoms with Crippen LogP contribution in [0.25, 0.3) is 0 Å². The highest BCUT2D eigenvalue weighted by molar-refractivity contribution is 5.83. The molecule has 3 rings (SSSR count). The molecule has 2 heterocycles. The van der Waals surface area contributed by atoms with Crippen LogP contribution in [0.1, 0.15) is 44.7 Å². The smallest absolute Gasteiger partial charge is 0.230 e. The van der Waals surface area contributed by atoms with E-state index in [2.05, 4.69) is 22.1 Å². The van der Waals surface area contributed by atoms with Gasteiger partial charge in [0.2, 0.25) is 5.91 Å². The van der Waals surface area contributed by atoms with E-state index in [1.807, 2.05) is 24.4 Å². The Morgan fingerprint density at radius 2 is 2.33 bits per heavy atom. The summed E-state index contributed by atoms with van der Waals surface area (Å²) in [7, 11) is 0. The number of nitrogens with one attached hydrogen (secondary N) is 1. The number of carbonyl (C=O) groups is 1. The molecule has 1 saturated carbocycles. The molecule has 1 aromatic heterocycles. The third kappa shape index (κ3) is 3.10. The minimum absolute atomic E-state index is 0.199. The van der Waals surface area contributed by atoms with Crippen molar-refractivity contribution in [2.24, 2.45) is 5.41 Å². The fraction of sp³-hybridized carbons (Fsp3) is 0.647. The van der Waals surface area contributed by atoms with Gasteiger partial charge in [0.25, 0.3) is 0 Å². The second-order valence-electron chi connectivity index (χ2n) is 6.40. The van der Waals surface area contributed by atoms with E-state index in [4.69, 9.17) is 0 Å². The van der Waals surface area contributed by atoms with Crippen molar-refractivity contribution in [3.05, 3.63) is 30.1 Å². The first-order chi connectivity index (χ1) is 10.2. The third-order valence-corrected chi connectivity index (χ3v) is 4.91. The van der Waals surface area contributed by atoms with Crippen LogP contribution in [0.15, 0.2) is 24.4 Å². The Bertz CT molecular complexity index is 478. The molecule has 1 aromatic rings. The highest BCUT2D eigenvalue weighted by atomic mass is 16.2. The lowest BCUT2D eigenvalue weighted by atomic mass is 9.77. The van der Waals surface area contributed by atoms with Crippen molar-refractivity contribution in [3.8, 4) is 0 Å². The molecule has 0 aromatic carbocycles. The number of rotatable bonds is 5. The molecule has 2 aliphatic rings. The monoisotopic (exact) mass is 287 g/mol. The summed E-state index contributed by atoms with van der Waals surface area (Å²) in [6.45, 7) is 4.68. The first-order valence-corrected chi connectivity index (χ1v) is 8.17. The van der Waals surface area contributed by atoms with Gasteiger partial charge in [-0.05, 0) is 50.8 Å². The summed E-state index contributed by atoms with van der Waals surface area (Å²) >= 11 is 0. The molecule has 1 aliphatic heterocycles. The van der Waals surface area contributed by atoms with Crippen LogP contribution < -0.4 is 5.32 Å². The predicted octanol–water partition coefficient (Wildman–Crippen LogP) is 2.35. The fourth-order valence-electron chi connectivity index (χ4n) is 3.33. The van der Waals surface area contributed by atoms with Crippen LogP contribution in [-0.2, 0) is 11.3 Å². The maximum absolute atomic E-state index is 13.2. The van der Waals surface area contributed by atoms with Gasteiger partial charge in [-0.3, -0.25) is 9.78 Å². The first-order valence-electron chi connectivity index (χ1n) is 8.17. The van der Waals surface area contributed by atoms with Gasteiger partial charge in [0.15, 0.2) is 0 Å². The Kier molecular flexibility index (Phi) is 4.24. The van der Waals surface area contributed by atoms with Crippen molar-refractivity contribution in [2.75, 3.05) is 13.1 Å². The fourth-order valence-corrected chi connectivity index (χ4v) is 3.33. The Morgan fingerprint density at radius 1 is 1.48 bits per heavy atom. The van der Waals surface area contributed by atoms with Crippen molar-refractivity contribution in [1.82, 2.24) is 15.2 Å². The van der Waals surface area contributed by atoms with E-state index >= 15 is 0 Å². The maximum Gasteiger partial charge on any atom is 0.230 e. The minimum atomic E-state index is -0.199. The first kappa shape index (κ1) is 14.5. The van der Waals surface area contributed by atoms with Gasteiger partial charge in [0, 0.05) is 18.8 Å². The number of hydrogen-bond acceptors (Lipinski definition) is 3. The Balaban J connectivity index is 1.78. The summed E-state index contributed by atoms with van der Waals surface area (Å²) in [5.41, 5.74) is 0.795. The van der Waals surface area contributed by atoms with Crippen LogP contribution in [0.2, 0.25) is 0 Å². The molecule has 0 bridgehead atoms. The molecule has 1 unspecified atom stereocenters. The second-order valence-corrected chi connectivity index (χ2v) is 6.40. The standard InChI is InChI=1S/C17H25N3O/c1-2-17(9-5-10-18-13-17)16(21)20(15-7-8-15)12-14-6-3-4-11-19-14/h3-4,6,11,15,18H,2,5,7-10,12-13H2,1H3. The summed E-state index contributed by atoms with van der Waals surface area (Å²) in [6.07, 6.45) is 7.13. The number of aromatic nitrogens is 1. The van der Waals surface area contributed by atoms with E-state index in [1.54, 1.807) is 0 Å². The van der Waals surface area contributed by atoms with Crippen LogP contribution in [0, 0.1) is 5.41 Å². The quantitative estimate of drug-likeness (QED) is 0.904. The van der Waals surface area contributed by atoms with E-state index in [-0.39, 0.29) is 5.41 Å². The summed E-state index contributed by atoms with van der Waals surface area (Å²) in [5.74, 6) is 0.338. The summed E-state index contributed by atoms with van der Waals surface area (Å²) in [6, 6.07) is 6.37. The SMILES string of the molecule is CCC1(C(=O)N(Cc2ccccn2)C2CC2)CCCNC1. The molecule has 1 amide bonds. The van der Waals surface area contributed by atoms with Crippen LogP contribution in [0.4, 0.5) is 0 Å². The van der Waals surface area contributed by atoms with Gasteiger partial charge >= 0.3 is 0 Å². The van der Waals surface area contributed by atoms with Crippen LogP contribution in [0.5, 0.6) is 0 Å². The van der Waals surface area contributed by atoms with Crippen molar-refractivity contribution < 1.29 is 4.79 Å². The van der Waals surface area contributed by atoms with Gasteiger partial charge < -0.3 is 10.2 Å². The predicted molar refractivity (Wildman–Crippen MR) is 82.6 cm³/mol. The highest BCUT2D eigenvalue weighted by Crippen LogP contribution is 2.37. The molecule has 1 aliphatic carbocycles. The van der Waals surface area contributed by atoms with Gasteiger partial charge in [-0.15, -0.1) is 0 Å². The number of piperidine rings is 1. The summed E-state index contributed by atoms with van der Waals surface area (Å²) in [5, 5.41) is 3.42. The molecular weight excluding hydrogens is 262 g/mol. The van der Waals surface area contributed by atoms with E-state index in [0.717, 1.165) is 50.9 Å². The van der Waals surface area contributed by atoms with Crippen LogP contribution >= 0.6 is 0 Å². The summed E-state index contributed by atoms with van der Waals surface area (Å²) in [4.78, 5) is 19.7. The highest BCUT2D eigenvalue weighted by Gasteiger charge is 2.44. The molecule has 1 N–H and O–H groups in total. The molecule has 0 radical (unpaired) electrons. The normalized spacial score (nSPS) is 25.6. The summed E-state index contributed by atoms with van der Waals surface area (Å²) < 4.78 is 0. The number of hydrogen-bond donors (Lipinski definition) is 1. The Morgan fingerprint density at radius 3 is 2.90 bits per heavy atom. The maximum atomic E-state index is 13.2. The van der Waals surface area contributed by atoms with Crippen LogP contribution in [0.3, 0.4) is 0 Å². The van der Waals surface area contributed by atoms with Gasteiger partial charge in [-0.1, -0.05) is 13.0 Å². The number of pyridine rings is 1. The third-order valence-electron chi connectivity index (χ3n) is 4.91. The Labute approximate surface area is 126 Å². The molecule has 4 heteroatoms. The average molecular weight is 287 g/mol. The zero-order valence-electron chi connectivity index (χ0n) is 12.8. The zero-order chi connectivity index (χ0) is 14.7. The molecular formula is C17H25N3O. The molecule has 1 atom stereocenters. The lowest BCUT2D eigenvalue weighted by Crippen LogP contribution is -2.52. The molecule has 114 valence electrons. The second kappa shape index (κ2) is 6.14. The van der Waals surface area contributed by atoms with Gasteiger partial charge in [0.05, 0.1) is 17.7 Å². The van der Waals surface area contributed by atoms with Crippen molar-refractivity contribution in [2.45, 2.75) is 51.6 Å². The van der Waals surface area contributed by atoms with E-state index in [1.165, 1.54) is 0 Å². The molecule has 1 saturated heterocycles. The lowest BCUT2D eigenvalue weighted by Gasteiger charge is -2.39. The number of nitrogens with zero attached hydrogens (tertiary/aromatic N) is 2. The average Bonchev–Trinajstić information content (AvgIpc) is 3.38. The van der Waals surface area contributed by atoms with Crippen LogP contribution in [-0.4, -0.2) is 34.9 Å². The van der Waals surface area contributed by atoms with Crippen molar-refractivity contribution in [1.29, 1.82) is 0 Å². The lowest BCUT2D eigenvalue weighted by molar-refractivity contribution is -0.145. The van der Waals surface area contributed by atoms with E-state index in [0.29, 0.717) is 18.5 Å². The van der Waals surface area contributed by atoms with E-state index in [9.17, 15) is 4.79 Å². The zero-order valence-corrected chi connectivity index (χ0v) is 12.8.